The van der Waals surface area contributed by atoms with Gasteiger partial charge >= 0.3 is 0 Å². The van der Waals surface area contributed by atoms with Gasteiger partial charge in [-0.1, -0.05) is 48.8 Å². The molecule has 0 atom stereocenters. The van der Waals surface area contributed by atoms with Crippen molar-refractivity contribution < 1.29 is 4.79 Å². The van der Waals surface area contributed by atoms with Crippen LogP contribution in [-0.2, 0) is 5.41 Å². The number of nitrogens with two attached hydrogens (primary N) is 1. The summed E-state index contributed by atoms with van der Waals surface area (Å²) in [5.74, 6) is -0.163. The van der Waals surface area contributed by atoms with E-state index in [1.54, 1.807) is 12.1 Å². The van der Waals surface area contributed by atoms with Crippen LogP contribution in [0.25, 0.3) is 0 Å². The maximum atomic E-state index is 12.2. The lowest BCUT2D eigenvalue weighted by molar-refractivity contribution is 0.102. The first-order chi connectivity index (χ1) is 9.77. The van der Waals surface area contributed by atoms with Crippen LogP contribution in [0.1, 0.15) is 36.7 Å². The van der Waals surface area contributed by atoms with Gasteiger partial charge in [0.2, 0.25) is 0 Å². The van der Waals surface area contributed by atoms with Gasteiger partial charge < -0.3 is 11.1 Å². The van der Waals surface area contributed by atoms with Crippen LogP contribution in [0.15, 0.2) is 46.9 Å². The second-order valence-electron chi connectivity index (χ2n) is 6.01. The average molecular weight is 347 g/mol. The fraction of sp³-hybridized carbons (Fsp3) is 0.235. The van der Waals surface area contributed by atoms with Crippen LogP contribution in [0, 0.1) is 0 Å². The summed E-state index contributed by atoms with van der Waals surface area (Å²) in [4.78, 5) is 12.2. The van der Waals surface area contributed by atoms with Crippen molar-refractivity contribution in [2.75, 3.05) is 11.1 Å². The van der Waals surface area contributed by atoms with E-state index in [9.17, 15) is 4.79 Å². The van der Waals surface area contributed by atoms with Crippen LogP contribution in [0.5, 0.6) is 0 Å². The van der Waals surface area contributed by atoms with E-state index < -0.39 is 0 Å². The Morgan fingerprint density at radius 3 is 2.24 bits per heavy atom. The van der Waals surface area contributed by atoms with Crippen LogP contribution in [0.3, 0.4) is 0 Å². The predicted octanol–water partition coefficient (Wildman–Crippen LogP) is 4.58. The Balaban J connectivity index is 2.17. The second-order valence-corrected chi connectivity index (χ2v) is 6.93. The molecular weight excluding hydrogens is 328 g/mol. The second kappa shape index (κ2) is 5.90. The Bertz CT molecular complexity index is 657. The molecular formula is C17H19BrN2O. The minimum Gasteiger partial charge on any atom is -0.397 e. The lowest BCUT2D eigenvalue weighted by Gasteiger charge is -2.19. The molecule has 2 rings (SSSR count). The smallest absolute Gasteiger partial charge is 0.255 e. The molecule has 2 aromatic carbocycles. The van der Waals surface area contributed by atoms with Crippen molar-refractivity contribution in [2.24, 2.45) is 0 Å². The van der Waals surface area contributed by atoms with Gasteiger partial charge in [-0.15, -0.1) is 0 Å². The molecule has 0 aliphatic heterocycles. The summed E-state index contributed by atoms with van der Waals surface area (Å²) in [5.41, 5.74) is 8.92. The Morgan fingerprint density at radius 1 is 1.10 bits per heavy atom. The SMILES string of the molecule is CC(C)(C)c1ccc(C(=O)Nc2ccc(Br)cc2N)cc1. The first-order valence-electron chi connectivity index (χ1n) is 6.74. The van der Waals surface area contributed by atoms with Crippen molar-refractivity contribution >= 4 is 33.2 Å². The number of hydrogen-bond donors (Lipinski definition) is 2. The third-order valence-corrected chi connectivity index (χ3v) is 3.77. The highest BCUT2D eigenvalue weighted by molar-refractivity contribution is 9.10. The molecule has 3 N–H and O–H groups in total. The number of carbonyl (C=O) groups is 1. The molecule has 3 nitrogen and oxygen atoms in total. The summed E-state index contributed by atoms with van der Waals surface area (Å²) in [6.45, 7) is 6.43. The summed E-state index contributed by atoms with van der Waals surface area (Å²) < 4.78 is 0.882. The van der Waals surface area contributed by atoms with Crippen molar-refractivity contribution in [3.8, 4) is 0 Å². The van der Waals surface area contributed by atoms with Crippen molar-refractivity contribution in [3.05, 3.63) is 58.1 Å². The van der Waals surface area contributed by atoms with Crippen LogP contribution in [-0.4, -0.2) is 5.91 Å². The first-order valence-corrected chi connectivity index (χ1v) is 7.53. The zero-order chi connectivity index (χ0) is 15.6. The van der Waals surface area contributed by atoms with E-state index in [0.717, 1.165) is 4.47 Å². The number of halogens is 1. The van der Waals surface area contributed by atoms with Crippen molar-refractivity contribution in [2.45, 2.75) is 26.2 Å². The molecule has 0 radical (unpaired) electrons. The van der Waals surface area contributed by atoms with Crippen molar-refractivity contribution in [1.82, 2.24) is 0 Å². The molecule has 2 aromatic rings. The van der Waals surface area contributed by atoms with Gasteiger partial charge in [0.15, 0.2) is 0 Å². The maximum absolute atomic E-state index is 12.2. The van der Waals surface area contributed by atoms with Crippen molar-refractivity contribution in [1.29, 1.82) is 0 Å². The molecule has 0 unspecified atom stereocenters. The molecule has 4 heteroatoms. The number of amides is 1. The summed E-state index contributed by atoms with van der Waals surface area (Å²) >= 11 is 3.34. The number of nitrogens with one attached hydrogen (secondary N) is 1. The van der Waals surface area contributed by atoms with E-state index in [0.29, 0.717) is 16.9 Å². The summed E-state index contributed by atoms with van der Waals surface area (Å²) in [6.07, 6.45) is 0. The number of hydrogen-bond acceptors (Lipinski definition) is 2. The Morgan fingerprint density at radius 2 is 1.71 bits per heavy atom. The highest BCUT2D eigenvalue weighted by Gasteiger charge is 2.14. The van der Waals surface area contributed by atoms with Gasteiger partial charge in [0.1, 0.15) is 0 Å². The number of anilines is 2. The molecule has 0 heterocycles. The topological polar surface area (TPSA) is 55.1 Å². The Kier molecular flexibility index (Phi) is 4.37. The van der Waals surface area contributed by atoms with E-state index in [2.05, 4.69) is 42.0 Å². The monoisotopic (exact) mass is 346 g/mol. The van der Waals surface area contributed by atoms with E-state index in [-0.39, 0.29) is 11.3 Å². The number of nitrogen functional groups attached to an aromatic ring is 1. The van der Waals surface area contributed by atoms with Crippen LogP contribution in [0.2, 0.25) is 0 Å². The van der Waals surface area contributed by atoms with Gasteiger partial charge in [-0.3, -0.25) is 4.79 Å². The lowest BCUT2D eigenvalue weighted by Crippen LogP contribution is -2.15. The minimum atomic E-state index is -0.163. The zero-order valence-corrected chi connectivity index (χ0v) is 14.0. The molecule has 0 bridgehead atoms. The number of rotatable bonds is 2. The van der Waals surface area contributed by atoms with Gasteiger partial charge in [0, 0.05) is 10.0 Å². The molecule has 0 saturated heterocycles. The standard InChI is InChI=1S/C17H19BrN2O/c1-17(2,3)12-6-4-11(5-7-12)16(21)20-15-9-8-13(18)10-14(15)19/h4-10H,19H2,1-3H3,(H,20,21). The van der Waals surface area contributed by atoms with Gasteiger partial charge in [0.05, 0.1) is 11.4 Å². The van der Waals surface area contributed by atoms with E-state index in [1.807, 2.05) is 30.3 Å². The fourth-order valence-electron chi connectivity index (χ4n) is 1.96. The van der Waals surface area contributed by atoms with Crippen LogP contribution in [0.4, 0.5) is 11.4 Å². The zero-order valence-electron chi connectivity index (χ0n) is 12.4. The van der Waals surface area contributed by atoms with Crippen LogP contribution < -0.4 is 11.1 Å². The summed E-state index contributed by atoms with van der Waals surface area (Å²) in [7, 11) is 0. The molecule has 0 aromatic heterocycles. The lowest BCUT2D eigenvalue weighted by atomic mass is 9.87. The van der Waals surface area contributed by atoms with Gasteiger partial charge in [-0.05, 0) is 41.3 Å². The molecule has 110 valence electrons. The summed E-state index contributed by atoms with van der Waals surface area (Å²) in [6, 6.07) is 13.0. The number of benzene rings is 2. The average Bonchev–Trinajstić information content (AvgIpc) is 2.41. The summed E-state index contributed by atoms with van der Waals surface area (Å²) in [5, 5.41) is 2.83. The van der Waals surface area contributed by atoms with Gasteiger partial charge in [-0.25, -0.2) is 0 Å². The highest BCUT2D eigenvalue weighted by atomic mass is 79.9. The molecule has 0 spiro atoms. The van der Waals surface area contributed by atoms with Gasteiger partial charge in [-0.2, -0.15) is 0 Å². The Labute approximate surface area is 133 Å². The molecule has 0 saturated carbocycles. The Hall–Kier alpha value is -1.81. The molecule has 0 aliphatic rings. The normalized spacial score (nSPS) is 11.2. The van der Waals surface area contributed by atoms with E-state index in [4.69, 9.17) is 5.73 Å². The predicted molar refractivity (Wildman–Crippen MR) is 91.6 cm³/mol. The molecule has 1 amide bonds. The van der Waals surface area contributed by atoms with Gasteiger partial charge in [0.25, 0.3) is 5.91 Å². The van der Waals surface area contributed by atoms with E-state index >= 15 is 0 Å². The first kappa shape index (κ1) is 15.6. The van der Waals surface area contributed by atoms with E-state index in [1.165, 1.54) is 5.56 Å². The number of carbonyl (C=O) groups excluding carboxylic acids is 1. The quantitative estimate of drug-likeness (QED) is 0.781. The van der Waals surface area contributed by atoms with Crippen LogP contribution >= 0.6 is 15.9 Å². The minimum absolute atomic E-state index is 0.0745. The largest absolute Gasteiger partial charge is 0.397 e. The molecule has 0 aliphatic carbocycles. The third kappa shape index (κ3) is 3.85. The fourth-order valence-corrected chi connectivity index (χ4v) is 2.34. The molecule has 0 fully saturated rings. The third-order valence-electron chi connectivity index (χ3n) is 3.27. The van der Waals surface area contributed by atoms with Crippen molar-refractivity contribution in [3.63, 3.8) is 0 Å². The maximum Gasteiger partial charge on any atom is 0.255 e. The highest BCUT2D eigenvalue weighted by Crippen LogP contribution is 2.25. The molecule has 21 heavy (non-hydrogen) atoms.